The van der Waals surface area contributed by atoms with Crippen molar-refractivity contribution in [3.8, 4) is 5.75 Å². The van der Waals surface area contributed by atoms with Gasteiger partial charge in [0.15, 0.2) is 5.69 Å². The minimum atomic E-state index is -1.22. The van der Waals surface area contributed by atoms with Crippen LogP contribution in [0.3, 0.4) is 0 Å². The van der Waals surface area contributed by atoms with E-state index in [0.29, 0.717) is 0 Å². The molecule has 0 aliphatic heterocycles. The fourth-order valence-corrected chi connectivity index (χ4v) is 2.26. The number of ether oxygens (including phenoxy) is 1. The van der Waals surface area contributed by atoms with Crippen molar-refractivity contribution in [1.82, 2.24) is 19.4 Å². The number of carbonyl (C=O) groups is 2. The largest absolute Gasteiger partial charge is 0.497 e. The minimum absolute atomic E-state index is 0.0110. The van der Waals surface area contributed by atoms with Crippen LogP contribution in [0.2, 0.25) is 0 Å². The second-order valence-electron chi connectivity index (χ2n) is 5.59. The molecular weight excluding hydrogens is 312 g/mol. The van der Waals surface area contributed by atoms with Crippen LogP contribution in [0.4, 0.5) is 0 Å². The quantitative estimate of drug-likeness (QED) is 0.867. The molecule has 0 unspecified atom stereocenters. The van der Waals surface area contributed by atoms with Gasteiger partial charge in [0.25, 0.3) is 5.91 Å². The Labute approximate surface area is 139 Å². The van der Waals surface area contributed by atoms with E-state index < -0.39 is 11.9 Å². The lowest BCUT2D eigenvalue weighted by Crippen LogP contribution is -2.29. The van der Waals surface area contributed by atoms with Crippen LogP contribution in [0.1, 0.15) is 46.7 Å². The number of pyridine rings is 1. The van der Waals surface area contributed by atoms with Gasteiger partial charge in [0.1, 0.15) is 17.3 Å². The number of amides is 1. The summed E-state index contributed by atoms with van der Waals surface area (Å²) in [6.45, 7) is 4.33. The fourth-order valence-electron chi connectivity index (χ4n) is 2.26. The molecule has 0 spiro atoms. The average Bonchev–Trinajstić information content (AvgIpc) is 3.01. The Morgan fingerprint density at radius 3 is 2.58 bits per heavy atom. The fraction of sp³-hybridized carbons (Fsp3) is 0.375. The predicted molar refractivity (Wildman–Crippen MR) is 86.2 cm³/mol. The summed E-state index contributed by atoms with van der Waals surface area (Å²) in [4.78, 5) is 33.3. The molecule has 0 radical (unpaired) electrons. The van der Waals surface area contributed by atoms with Crippen LogP contribution in [0.5, 0.6) is 5.75 Å². The lowest BCUT2D eigenvalue weighted by atomic mass is 10.2. The van der Waals surface area contributed by atoms with Gasteiger partial charge in [-0.05, 0) is 13.8 Å². The van der Waals surface area contributed by atoms with Crippen molar-refractivity contribution in [1.29, 1.82) is 0 Å². The molecule has 2 aromatic rings. The Hall–Kier alpha value is -2.90. The van der Waals surface area contributed by atoms with Gasteiger partial charge in [-0.3, -0.25) is 4.79 Å². The van der Waals surface area contributed by atoms with Crippen LogP contribution in [-0.2, 0) is 6.54 Å². The third kappa shape index (κ3) is 3.70. The molecule has 0 aliphatic rings. The molecule has 0 bridgehead atoms. The number of carbonyl (C=O) groups excluding carboxylic acids is 1. The molecule has 1 N–H and O–H groups in total. The van der Waals surface area contributed by atoms with Crippen LogP contribution in [0, 0.1) is 0 Å². The van der Waals surface area contributed by atoms with Crippen molar-refractivity contribution in [2.75, 3.05) is 14.2 Å². The highest BCUT2D eigenvalue weighted by molar-refractivity contribution is 5.94. The van der Waals surface area contributed by atoms with Crippen molar-refractivity contribution in [2.24, 2.45) is 0 Å². The maximum Gasteiger partial charge on any atom is 0.354 e. The number of imidazole rings is 1. The van der Waals surface area contributed by atoms with Gasteiger partial charge in [-0.25, -0.2) is 14.8 Å². The molecule has 2 rings (SSSR count). The molecule has 0 atom stereocenters. The second kappa shape index (κ2) is 7.12. The van der Waals surface area contributed by atoms with Crippen LogP contribution in [0.25, 0.3) is 0 Å². The molecule has 128 valence electrons. The maximum atomic E-state index is 12.6. The number of hydrogen-bond donors (Lipinski definition) is 1. The zero-order valence-corrected chi connectivity index (χ0v) is 14.1. The lowest BCUT2D eigenvalue weighted by Gasteiger charge is -2.19. The molecule has 0 saturated carbocycles. The number of aromatic carboxylic acids is 1. The second-order valence-corrected chi connectivity index (χ2v) is 5.59. The Bertz CT molecular complexity index is 754. The molecule has 0 fully saturated rings. The molecule has 24 heavy (non-hydrogen) atoms. The summed E-state index contributed by atoms with van der Waals surface area (Å²) in [6, 6.07) is 2.91. The number of rotatable bonds is 6. The van der Waals surface area contributed by atoms with Crippen LogP contribution in [0.15, 0.2) is 24.5 Å². The van der Waals surface area contributed by atoms with Crippen molar-refractivity contribution >= 4 is 11.9 Å². The van der Waals surface area contributed by atoms with E-state index in [1.807, 2.05) is 24.6 Å². The Kier molecular flexibility index (Phi) is 5.18. The summed E-state index contributed by atoms with van der Waals surface area (Å²) in [5.41, 5.74) is -0.230. The van der Waals surface area contributed by atoms with E-state index in [1.165, 1.54) is 24.1 Å². The van der Waals surface area contributed by atoms with Gasteiger partial charge < -0.3 is 19.3 Å². The first-order valence-corrected chi connectivity index (χ1v) is 7.40. The van der Waals surface area contributed by atoms with E-state index in [9.17, 15) is 9.59 Å². The van der Waals surface area contributed by atoms with Gasteiger partial charge in [0.2, 0.25) is 0 Å². The van der Waals surface area contributed by atoms with Crippen molar-refractivity contribution in [3.63, 3.8) is 0 Å². The van der Waals surface area contributed by atoms with Crippen LogP contribution < -0.4 is 4.74 Å². The Balaban J connectivity index is 2.26. The molecule has 0 aromatic carbocycles. The van der Waals surface area contributed by atoms with Crippen LogP contribution >= 0.6 is 0 Å². The van der Waals surface area contributed by atoms with Gasteiger partial charge in [-0.2, -0.15) is 0 Å². The molecule has 0 aliphatic carbocycles. The van der Waals surface area contributed by atoms with Crippen molar-refractivity contribution in [3.05, 3.63) is 41.7 Å². The smallest absolute Gasteiger partial charge is 0.354 e. The number of methoxy groups -OCH3 is 1. The maximum absolute atomic E-state index is 12.6. The molecule has 8 nitrogen and oxygen atoms in total. The number of aromatic nitrogens is 3. The molecule has 1 amide bonds. The first-order valence-electron chi connectivity index (χ1n) is 7.40. The topological polar surface area (TPSA) is 97.6 Å². The summed E-state index contributed by atoms with van der Waals surface area (Å²) in [5.74, 6) is -0.624. The highest BCUT2D eigenvalue weighted by atomic mass is 16.5. The molecular formula is C16H20N4O4. The van der Waals surface area contributed by atoms with Gasteiger partial charge in [0.05, 0.1) is 13.7 Å². The van der Waals surface area contributed by atoms with E-state index in [1.54, 1.807) is 13.2 Å². The minimum Gasteiger partial charge on any atom is -0.497 e. The van der Waals surface area contributed by atoms with Gasteiger partial charge in [0, 0.05) is 37.6 Å². The highest BCUT2D eigenvalue weighted by Crippen LogP contribution is 2.16. The van der Waals surface area contributed by atoms with Crippen molar-refractivity contribution in [2.45, 2.75) is 26.4 Å². The normalized spacial score (nSPS) is 10.7. The van der Waals surface area contributed by atoms with Crippen LogP contribution in [-0.4, -0.2) is 50.6 Å². The van der Waals surface area contributed by atoms with Gasteiger partial charge in [-0.1, -0.05) is 0 Å². The number of hydrogen-bond acceptors (Lipinski definition) is 5. The molecule has 0 saturated heterocycles. The zero-order chi connectivity index (χ0) is 17.9. The number of carboxylic acid groups (broad SMARTS) is 1. The van der Waals surface area contributed by atoms with E-state index in [2.05, 4.69) is 9.97 Å². The summed E-state index contributed by atoms with van der Waals surface area (Å²) in [5, 5.41) is 9.10. The summed E-state index contributed by atoms with van der Waals surface area (Å²) in [7, 11) is 3.02. The van der Waals surface area contributed by atoms with E-state index in [4.69, 9.17) is 9.84 Å². The SMILES string of the molecule is COc1cc(C(=O)O)nc(C(=O)N(C)Cc2nccn2C(C)C)c1. The van der Waals surface area contributed by atoms with E-state index >= 15 is 0 Å². The van der Waals surface area contributed by atoms with E-state index in [-0.39, 0.29) is 29.7 Å². The first-order chi connectivity index (χ1) is 11.3. The number of carboxylic acids is 1. The van der Waals surface area contributed by atoms with Gasteiger partial charge in [-0.15, -0.1) is 0 Å². The van der Waals surface area contributed by atoms with Gasteiger partial charge >= 0.3 is 5.97 Å². The third-order valence-corrected chi connectivity index (χ3v) is 3.50. The molecule has 8 heteroatoms. The third-order valence-electron chi connectivity index (χ3n) is 3.50. The summed E-state index contributed by atoms with van der Waals surface area (Å²) >= 11 is 0. The van der Waals surface area contributed by atoms with Crippen molar-refractivity contribution < 1.29 is 19.4 Å². The monoisotopic (exact) mass is 332 g/mol. The molecule has 2 aromatic heterocycles. The zero-order valence-electron chi connectivity index (χ0n) is 14.1. The van der Waals surface area contributed by atoms with E-state index in [0.717, 1.165) is 5.82 Å². The summed E-state index contributed by atoms with van der Waals surface area (Å²) < 4.78 is 7.01. The Morgan fingerprint density at radius 2 is 2.00 bits per heavy atom. The number of nitrogens with zero attached hydrogens (tertiary/aromatic N) is 4. The Morgan fingerprint density at radius 1 is 1.33 bits per heavy atom. The summed E-state index contributed by atoms with van der Waals surface area (Å²) in [6.07, 6.45) is 3.53. The highest BCUT2D eigenvalue weighted by Gasteiger charge is 2.19. The lowest BCUT2D eigenvalue weighted by molar-refractivity contribution is 0.0689. The average molecular weight is 332 g/mol. The predicted octanol–water partition coefficient (Wildman–Crippen LogP) is 1.84. The standard InChI is InChI=1S/C16H20N4O4/c1-10(2)20-6-5-17-14(20)9-19(3)15(21)12-7-11(24-4)8-13(18-12)16(22)23/h5-8,10H,9H2,1-4H3,(H,22,23). The first kappa shape index (κ1) is 17.5. The molecule has 2 heterocycles.